The van der Waals surface area contributed by atoms with E-state index in [4.69, 9.17) is 5.26 Å². The molecule has 4 rings (SSSR count). The van der Waals surface area contributed by atoms with Gasteiger partial charge in [-0.05, 0) is 29.3 Å². The Morgan fingerprint density at radius 1 is 0.793 bits per heavy atom. The van der Waals surface area contributed by atoms with Crippen LogP contribution >= 0.6 is 0 Å². The predicted molar refractivity (Wildman–Crippen MR) is 113 cm³/mol. The maximum absolute atomic E-state index is 12.9. The number of carbonyl (C=O) groups is 1. The number of hydrogen-bond donors (Lipinski definition) is 0. The summed E-state index contributed by atoms with van der Waals surface area (Å²) in [5.41, 5.74) is 3.63. The summed E-state index contributed by atoms with van der Waals surface area (Å²) in [7, 11) is 0. The molecular formula is C25H23N3O. The Bertz CT molecular complexity index is 963. The molecule has 1 amide bonds. The molecule has 0 unspecified atom stereocenters. The van der Waals surface area contributed by atoms with Gasteiger partial charge in [-0.25, -0.2) is 0 Å². The third-order valence-corrected chi connectivity index (χ3v) is 5.44. The van der Waals surface area contributed by atoms with E-state index in [1.807, 2.05) is 17.0 Å². The van der Waals surface area contributed by atoms with Crippen LogP contribution in [0.15, 0.2) is 84.9 Å². The van der Waals surface area contributed by atoms with Crippen molar-refractivity contribution in [2.24, 2.45) is 0 Å². The van der Waals surface area contributed by atoms with Crippen molar-refractivity contribution in [2.75, 3.05) is 26.2 Å². The molecule has 0 N–H and O–H groups in total. The van der Waals surface area contributed by atoms with Crippen LogP contribution in [0, 0.1) is 11.3 Å². The average molecular weight is 381 g/mol. The summed E-state index contributed by atoms with van der Waals surface area (Å²) in [6.45, 7) is 2.95. The fourth-order valence-corrected chi connectivity index (χ4v) is 3.97. The van der Waals surface area contributed by atoms with E-state index in [-0.39, 0.29) is 11.9 Å². The lowest BCUT2D eigenvalue weighted by Gasteiger charge is -2.39. The minimum atomic E-state index is -0.00211. The summed E-state index contributed by atoms with van der Waals surface area (Å²) in [6, 6.07) is 30.3. The van der Waals surface area contributed by atoms with Crippen LogP contribution in [0.4, 0.5) is 0 Å². The molecule has 4 nitrogen and oxygen atoms in total. The molecule has 0 atom stereocenters. The Morgan fingerprint density at radius 2 is 1.38 bits per heavy atom. The molecule has 1 aliphatic heterocycles. The first-order valence-electron chi connectivity index (χ1n) is 9.89. The van der Waals surface area contributed by atoms with Crippen LogP contribution in [0.3, 0.4) is 0 Å². The fraction of sp³-hybridized carbons (Fsp3) is 0.200. The van der Waals surface area contributed by atoms with Gasteiger partial charge in [0.2, 0.25) is 0 Å². The first-order valence-corrected chi connectivity index (χ1v) is 9.89. The van der Waals surface area contributed by atoms with Gasteiger partial charge in [-0.15, -0.1) is 0 Å². The molecule has 0 spiro atoms. The summed E-state index contributed by atoms with van der Waals surface area (Å²) >= 11 is 0. The Morgan fingerprint density at radius 3 is 1.93 bits per heavy atom. The lowest BCUT2D eigenvalue weighted by Crippen LogP contribution is -2.49. The Labute approximate surface area is 171 Å². The molecule has 0 aliphatic carbocycles. The number of rotatable bonds is 4. The smallest absolute Gasteiger partial charge is 0.253 e. The van der Waals surface area contributed by atoms with Gasteiger partial charge in [-0.3, -0.25) is 9.69 Å². The number of nitriles is 1. The van der Waals surface area contributed by atoms with Gasteiger partial charge in [0, 0.05) is 31.7 Å². The van der Waals surface area contributed by atoms with E-state index in [0.717, 1.165) is 13.1 Å². The second-order valence-corrected chi connectivity index (χ2v) is 7.24. The first-order chi connectivity index (χ1) is 14.3. The largest absolute Gasteiger partial charge is 0.336 e. The predicted octanol–water partition coefficient (Wildman–Crippen LogP) is 4.11. The monoisotopic (exact) mass is 381 g/mol. The molecule has 3 aromatic rings. The quantitative estimate of drug-likeness (QED) is 0.683. The van der Waals surface area contributed by atoms with Crippen LogP contribution in [-0.2, 0) is 0 Å². The van der Waals surface area contributed by atoms with Gasteiger partial charge in [0.05, 0.1) is 17.7 Å². The zero-order chi connectivity index (χ0) is 20.1. The van der Waals surface area contributed by atoms with Crippen molar-refractivity contribution < 1.29 is 4.79 Å². The van der Waals surface area contributed by atoms with Crippen LogP contribution in [-0.4, -0.2) is 41.9 Å². The first kappa shape index (κ1) is 18.9. The average Bonchev–Trinajstić information content (AvgIpc) is 2.81. The van der Waals surface area contributed by atoms with Gasteiger partial charge in [0.1, 0.15) is 0 Å². The van der Waals surface area contributed by atoms with Gasteiger partial charge < -0.3 is 4.90 Å². The normalized spacial score (nSPS) is 14.6. The van der Waals surface area contributed by atoms with E-state index in [2.05, 4.69) is 59.5 Å². The Hall–Kier alpha value is -3.42. The molecule has 4 heteroatoms. The number of piperazine rings is 1. The molecule has 0 saturated carbocycles. The third kappa shape index (κ3) is 4.21. The van der Waals surface area contributed by atoms with Crippen molar-refractivity contribution in [3.05, 3.63) is 107 Å². The summed E-state index contributed by atoms with van der Waals surface area (Å²) in [4.78, 5) is 17.2. The number of nitrogens with zero attached hydrogens (tertiary/aromatic N) is 3. The van der Waals surface area contributed by atoms with Crippen LogP contribution in [0.1, 0.15) is 33.1 Å². The second-order valence-electron chi connectivity index (χ2n) is 7.24. The van der Waals surface area contributed by atoms with Gasteiger partial charge >= 0.3 is 0 Å². The molecule has 1 fully saturated rings. The van der Waals surface area contributed by atoms with E-state index in [1.165, 1.54) is 11.1 Å². The highest BCUT2D eigenvalue weighted by Gasteiger charge is 2.28. The van der Waals surface area contributed by atoms with Gasteiger partial charge in [0.25, 0.3) is 5.91 Å². The number of amides is 1. The van der Waals surface area contributed by atoms with Gasteiger partial charge in [0.15, 0.2) is 0 Å². The zero-order valence-electron chi connectivity index (χ0n) is 16.2. The molecule has 144 valence electrons. The summed E-state index contributed by atoms with van der Waals surface area (Å²) < 4.78 is 0. The molecule has 3 aromatic carbocycles. The maximum Gasteiger partial charge on any atom is 0.253 e. The Kier molecular flexibility index (Phi) is 5.69. The SMILES string of the molecule is N#Cc1cccc(C(=O)N2CCN(C(c3ccccc3)c3ccccc3)CC2)c1. The Balaban J connectivity index is 1.51. The minimum absolute atomic E-state index is 0.00211. The molecule has 0 radical (unpaired) electrons. The van der Waals surface area contributed by atoms with Crippen molar-refractivity contribution in [2.45, 2.75) is 6.04 Å². The van der Waals surface area contributed by atoms with Crippen LogP contribution in [0.5, 0.6) is 0 Å². The standard InChI is InChI=1S/C25H23N3O/c26-19-20-8-7-13-23(18-20)25(29)28-16-14-27(15-17-28)24(21-9-3-1-4-10-21)22-11-5-2-6-12-22/h1-13,18,24H,14-17H2. The minimum Gasteiger partial charge on any atom is -0.336 e. The third-order valence-electron chi connectivity index (χ3n) is 5.44. The summed E-state index contributed by atoms with van der Waals surface area (Å²) in [5, 5.41) is 9.08. The van der Waals surface area contributed by atoms with Crippen LogP contribution in [0.25, 0.3) is 0 Å². The molecule has 1 heterocycles. The molecule has 1 aliphatic rings. The van der Waals surface area contributed by atoms with Crippen molar-refractivity contribution in [3.63, 3.8) is 0 Å². The number of carbonyl (C=O) groups excluding carboxylic acids is 1. The van der Waals surface area contributed by atoms with Crippen molar-refractivity contribution in [1.29, 1.82) is 5.26 Å². The number of hydrogen-bond acceptors (Lipinski definition) is 3. The number of benzene rings is 3. The molecule has 0 bridgehead atoms. The van der Waals surface area contributed by atoms with Crippen molar-refractivity contribution in [1.82, 2.24) is 9.80 Å². The van der Waals surface area contributed by atoms with Crippen molar-refractivity contribution >= 4 is 5.91 Å². The van der Waals surface area contributed by atoms with Gasteiger partial charge in [-0.2, -0.15) is 5.26 Å². The van der Waals surface area contributed by atoms with Crippen LogP contribution < -0.4 is 0 Å². The topological polar surface area (TPSA) is 47.3 Å². The molecule has 1 saturated heterocycles. The summed E-state index contributed by atoms with van der Waals surface area (Å²) in [5.74, 6) is -0.00211. The molecule has 29 heavy (non-hydrogen) atoms. The lowest BCUT2D eigenvalue weighted by atomic mass is 9.96. The fourth-order valence-electron chi connectivity index (χ4n) is 3.97. The highest BCUT2D eigenvalue weighted by molar-refractivity contribution is 5.94. The molecular weight excluding hydrogens is 358 g/mol. The van der Waals surface area contributed by atoms with Gasteiger partial charge in [-0.1, -0.05) is 66.7 Å². The van der Waals surface area contributed by atoms with Crippen LogP contribution in [0.2, 0.25) is 0 Å². The van der Waals surface area contributed by atoms with E-state index < -0.39 is 0 Å². The van der Waals surface area contributed by atoms with E-state index in [1.54, 1.807) is 24.3 Å². The zero-order valence-corrected chi connectivity index (χ0v) is 16.2. The van der Waals surface area contributed by atoms with E-state index in [0.29, 0.717) is 24.2 Å². The summed E-state index contributed by atoms with van der Waals surface area (Å²) in [6.07, 6.45) is 0. The van der Waals surface area contributed by atoms with E-state index in [9.17, 15) is 4.79 Å². The van der Waals surface area contributed by atoms with E-state index >= 15 is 0 Å². The maximum atomic E-state index is 12.9. The van der Waals surface area contributed by atoms with Crippen molar-refractivity contribution in [3.8, 4) is 6.07 Å². The second kappa shape index (κ2) is 8.72. The lowest BCUT2D eigenvalue weighted by molar-refractivity contribution is 0.0597. The molecule has 0 aromatic heterocycles. The highest BCUT2D eigenvalue weighted by Crippen LogP contribution is 2.29. The highest BCUT2D eigenvalue weighted by atomic mass is 16.2.